The van der Waals surface area contributed by atoms with E-state index in [1.54, 1.807) is 5.92 Å². The van der Waals surface area contributed by atoms with Crippen molar-refractivity contribution in [2.24, 2.45) is 0 Å². The van der Waals surface area contributed by atoms with E-state index in [1.165, 1.54) is 32.1 Å². The SMILES string of the molecule is CCCCOCC[C](CCC)C1CCO1. The van der Waals surface area contributed by atoms with Crippen molar-refractivity contribution < 1.29 is 9.47 Å². The fourth-order valence-corrected chi connectivity index (χ4v) is 1.88. The lowest BCUT2D eigenvalue weighted by Gasteiger charge is -2.33. The molecule has 89 valence electrons. The number of hydrogen-bond donors (Lipinski definition) is 0. The Morgan fingerprint density at radius 3 is 2.53 bits per heavy atom. The number of ether oxygens (including phenoxy) is 2. The summed E-state index contributed by atoms with van der Waals surface area (Å²) in [5, 5.41) is 0. The highest BCUT2D eigenvalue weighted by Gasteiger charge is 2.27. The molecule has 2 heteroatoms. The normalized spacial score (nSPS) is 20.6. The first kappa shape index (κ1) is 13.0. The third-order valence-corrected chi connectivity index (χ3v) is 2.94. The van der Waals surface area contributed by atoms with Gasteiger partial charge in [-0.25, -0.2) is 0 Å². The van der Waals surface area contributed by atoms with E-state index >= 15 is 0 Å². The first-order valence-corrected chi connectivity index (χ1v) is 6.42. The predicted molar refractivity (Wildman–Crippen MR) is 62.9 cm³/mol. The van der Waals surface area contributed by atoms with Crippen molar-refractivity contribution in [2.75, 3.05) is 19.8 Å². The highest BCUT2D eigenvalue weighted by atomic mass is 16.5. The molecule has 2 nitrogen and oxygen atoms in total. The number of rotatable bonds is 9. The largest absolute Gasteiger partial charge is 0.381 e. The molecule has 0 aromatic heterocycles. The minimum atomic E-state index is 0.458. The molecule has 1 unspecified atom stereocenters. The van der Waals surface area contributed by atoms with E-state index in [-0.39, 0.29) is 0 Å². The Kier molecular flexibility index (Phi) is 7.03. The lowest BCUT2D eigenvalue weighted by Crippen LogP contribution is -2.33. The summed E-state index contributed by atoms with van der Waals surface area (Å²) in [7, 11) is 0. The van der Waals surface area contributed by atoms with Crippen molar-refractivity contribution in [1.29, 1.82) is 0 Å². The first-order valence-electron chi connectivity index (χ1n) is 6.42. The van der Waals surface area contributed by atoms with Crippen molar-refractivity contribution in [2.45, 2.75) is 58.5 Å². The highest BCUT2D eigenvalue weighted by Crippen LogP contribution is 2.28. The third-order valence-electron chi connectivity index (χ3n) is 2.94. The van der Waals surface area contributed by atoms with Gasteiger partial charge in [-0.05, 0) is 25.7 Å². The average molecular weight is 213 g/mol. The molecule has 0 aliphatic carbocycles. The van der Waals surface area contributed by atoms with Gasteiger partial charge in [-0.1, -0.05) is 26.7 Å². The summed E-state index contributed by atoms with van der Waals surface area (Å²) in [6, 6.07) is 0. The van der Waals surface area contributed by atoms with E-state index in [1.807, 2.05) is 0 Å². The summed E-state index contributed by atoms with van der Waals surface area (Å²) < 4.78 is 11.1. The van der Waals surface area contributed by atoms with Gasteiger partial charge in [0.2, 0.25) is 0 Å². The van der Waals surface area contributed by atoms with Gasteiger partial charge in [-0.2, -0.15) is 0 Å². The minimum Gasteiger partial charge on any atom is -0.381 e. The van der Waals surface area contributed by atoms with Gasteiger partial charge in [0.05, 0.1) is 6.10 Å². The van der Waals surface area contributed by atoms with Gasteiger partial charge in [-0.15, -0.1) is 0 Å². The third kappa shape index (κ3) is 4.98. The summed E-state index contributed by atoms with van der Waals surface area (Å²) >= 11 is 0. The standard InChI is InChI=1S/C13H25O2/c1-3-5-9-14-10-7-12(6-4-2)13-8-11-15-13/h13H,3-11H2,1-2H3. The maximum atomic E-state index is 5.59. The summed E-state index contributed by atoms with van der Waals surface area (Å²) in [6.07, 6.45) is 7.62. The fraction of sp³-hybridized carbons (Fsp3) is 0.923. The lowest BCUT2D eigenvalue weighted by atomic mass is 9.90. The van der Waals surface area contributed by atoms with Crippen LogP contribution in [0.1, 0.15) is 52.4 Å². The predicted octanol–water partition coefficient (Wildman–Crippen LogP) is 3.36. The van der Waals surface area contributed by atoms with Crippen LogP contribution < -0.4 is 0 Å². The molecule has 0 aromatic rings. The van der Waals surface area contributed by atoms with Crippen molar-refractivity contribution in [3.8, 4) is 0 Å². The molecule has 0 amide bonds. The maximum absolute atomic E-state index is 5.59. The van der Waals surface area contributed by atoms with Gasteiger partial charge < -0.3 is 9.47 Å². The quantitative estimate of drug-likeness (QED) is 0.547. The molecule has 1 saturated heterocycles. The Morgan fingerprint density at radius 1 is 1.20 bits per heavy atom. The zero-order chi connectivity index (χ0) is 10.9. The molecule has 1 atom stereocenters. The zero-order valence-electron chi connectivity index (χ0n) is 10.3. The average Bonchev–Trinajstić information content (AvgIpc) is 2.15. The highest BCUT2D eigenvalue weighted by molar-refractivity contribution is 5.00. The van der Waals surface area contributed by atoms with Crippen LogP contribution in [0, 0.1) is 5.92 Å². The molecule has 0 spiro atoms. The molecule has 1 aliphatic heterocycles. The minimum absolute atomic E-state index is 0.458. The Morgan fingerprint density at radius 2 is 2.00 bits per heavy atom. The molecule has 1 fully saturated rings. The van der Waals surface area contributed by atoms with Gasteiger partial charge in [0.1, 0.15) is 0 Å². The molecule has 0 bridgehead atoms. The zero-order valence-corrected chi connectivity index (χ0v) is 10.3. The van der Waals surface area contributed by atoms with E-state index in [0.717, 1.165) is 26.2 Å². The van der Waals surface area contributed by atoms with E-state index in [9.17, 15) is 0 Å². The fourth-order valence-electron chi connectivity index (χ4n) is 1.88. The summed E-state index contributed by atoms with van der Waals surface area (Å²) in [6.45, 7) is 7.18. The summed E-state index contributed by atoms with van der Waals surface area (Å²) in [5.41, 5.74) is 0. The Hall–Kier alpha value is -0.0800. The molecular weight excluding hydrogens is 188 g/mol. The molecular formula is C13H25O2. The number of hydrogen-bond acceptors (Lipinski definition) is 2. The molecule has 1 rings (SSSR count). The second kappa shape index (κ2) is 8.12. The summed E-state index contributed by atoms with van der Waals surface area (Å²) in [5.74, 6) is 1.57. The molecule has 1 heterocycles. The van der Waals surface area contributed by atoms with Gasteiger partial charge in [-0.3, -0.25) is 0 Å². The van der Waals surface area contributed by atoms with Crippen LogP contribution >= 0.6 is 0 Å². The van der Waals surface area contributed by atoms with Crippen LogP contribution in [0.15, 0.2) is 0 Å². The van der Waals surface area contributed by atoms with Gasteiger partial charge in [0, 0.05) is 25.7 Å². The number of unbranched alkanes of at least 4 members (excludes halogenated alkanes) is 1. The molecule has 15 heavy (non-hydrogen) atoms. The molecule has 1 radical (unpaired) electrons. The Labute approximate surface area is 94.3 Å². The molecule has 0 saturated carbocycles. The van der Waals surface area contributed by atoms with E-state index in [4.69, 9.17) is 9.47 Å². The van der Waals surface area contributed by atoms with Gasteiger partial charge in [0.15, 0.2) is 0 Å². The van der Waals surface area contributed by atoms with Crippen LogP contribution in [0.4, 0.5) is 0 Å². The lowest BCUT2D eigenvalue weighted by molar-refractivity contribution is -0.0473. The Balaban J connectivity index is 2.03. The Bertz CT molecular complexity index is 143. The topological polar surface area (TPSA) is 18.5 Å². The summed E-state index contributed by atoms with van der Waals surface area (Å²) in [4.78, 5) is 0. The van der Waals surface area contributed by atoms with Crippen LogP contribution in [0.3, 0.4) is 0 Å². The second-order valence-electron chi connectivity index (χ2n) is 4.27. The molecule has 1 aliphatic rings. The van der Waals surface area contributed by atoms with Crippen molar-refractivity contribution in [3.63, 3.8) is 0 Å². The van der Waals surface area contributed by atoms with Crippen molar-refractivity contribution in [1.82, 2.24) is 0 Å². The van der Waals surface area contributed by atoms with Crippen molar-refractivity contribution in [3.05, 3.63) is 5.92 Å². The molecule has 0 aromatic carbocycles. The van der Waals surface area contributed by atoms with Crippen LogP contribution in [0.2, 0.25) is 0 Å². The molecule has 0 N–H and O–H groups in total. The van der Waals surface area contributed by atoms with Crippen LogP contribution in [-0.4, -0.2) is 25.9 Å². The van der Waals surface area contributed by atoms with Crippen LogP contribution in [0.25, 0.3) is 0 Å². The van der Waals surface area contributed by atoms with Gasteiger partial charge >= 0.3 is 0 Å². The van der Waals surface area contributed by atoms with Crippen LogP contribution in [0.5, 0.6) is 0 Å². The second-order valence-corrected chi connectivity index (χ2v) is 4.27. The van der Waals surface area contributed by atoms with Gasteiger partial charge in [0.25, 0.3) is 0 Å². The van der Waals surface area contributed by atoms with E-state index in [0.29, 0.717) is 6.10 Å². The van der Waals surface area contributed by atoms with E-state index < -0.39 is 0 Å². The van der Waals surface area contributed by atoms with Crippen LogP contribution in [-0.2, 0) is 9.47 Å². The van der Waals surface area contributed by atoms with E-state index in [2.05, 4.69) is 13.8 Å². The van der Waals surface area contributed by atoms with Crippen molar-refractivity contribution >= 4 is 0 Å². The maximum Gasteiger partial charge on any atom is 0.0660 e. The smallest absolute Gasteiger partial charge is 0.0660 e. The first-order chi connectivity index (χ1) is 7.38. The monoisotopic (exact) mass is 213 g/mol.